The number of pyridine rings is 1. The van der Waals surface area contributed by atoms with Gasteiger partial charge in [-0.1, -0.05) is 30.3 Å². The van der Waals surface area contributed by atoms with Crippen LogP contribution in [0.15, 0.2) is 60.9 Å². The molecule has 1 N–H and O–H groups in total. The first-order valence-corrected chi connectivity index (χ1v) is 9.93. The van der Waals surface area contributed by atoms with Crippen LogP contribution >= 0.6 is 0 Å². The quantitative estimate of drug-likeness (QED) is 0.725. The van der Waals surface area contributed by atoms with Crippen molar-refractivity contribution in [2.45, 2.75) is 19.5 Å². The van der Waals surface area contributed by atoms with Crippen molar-refractivity contribution in [3.8, 4) is 0 Å². The lowest BCUT2D eigenvalue weighted by Gasteiger charge is -2.41. The largest absolute Gasteiger partial charge is 0.368 e. The minimum absolute atomic E-state index is 0.0789. The first kappa shape index (κ1) is 19.3. The number of nitrogens with one attached hydrogen (secondary N) is 1. The summed E-state index contributed by atoms with van der Waals surface area (Å²) in [5.74, 6) is -0.371. The summed E-state index contributed by atoms with van der Waals surface area (Å²) in [4.78, 5) is 21.1. The molecule has 1 atom stereocenters. The Balaban J connectivity index is 1.35. The molecule has 0 radical (unpaired) electrons. The van der Waals surface area contributed by atoms with Gasteiger partial charge in [-0.05, 0) is 25.1 Å². The van der Waals surface area contributed by atoms with Crippen LogP contribution in [0.3, 0.4) is 0 Å². The van der Waals surface area contributed by atoms with E-state index in [4.69, 9.17) is 0 Å². The molecular weight excluding hydrogens is 367 g/mol. The number of rotatable bonds is 5. The molecule has 0 bridgehead atoms. The molecule has 1 aliphatic rings. The van der Waals surface area contributed by atoms with Crippen LogP contribution in [0.4, 0.5) is 10.1 Å². The number of amides is 1. The van der Waals surface area contributed by atoms with E-state index in [0.29, 0.717) is 12.1 Å². The van der Waals surface area contributed by atoms with Crippen LogP contribution in [-0.4, -0.2) is 48.0 Å². The zero-order valence-corrected chi connectivity index (χ0v) is 16.5. The fourth-order valence-corrected chi connectivity index (χ4v) is 3.91. The highest BCUT2D eigenvalue weighted by Crippen LogP contribution is 2.28. The third kappa shape index (κ3) is 4.38. The Morgan fingerprint density at radius 2 is 2.03 bits per heavy atom. The summed E-state index contributed by atoms with van der Waals surface area (Å²) in [5.41, 5.74) is 1.71. The number of carbonyl (C=O) groups excluding carboxylic acids is 1. The Morgan fingerprint density at radius 1 is 1.17 bits per heavy atom. The Hall–Kier alpha value is -2.99. The smallest absolute Gasteiger partial charge is 0.234 e. The summed E-state index contributed by atoms with van der Waals surface area (Å²) in [6, 6.07) is 15.1. The predicted molar refractivity (Wildman–Crippen MR) is 113 cm³/mol. The summed E-state index contributed by atoms with van der Waals surface area (Å²) >= 11 is 0. The number of aromatic nitrogens is 1. The van der Waals surface area contributed by atoms with Gasteiger partial charge in [0, 0.05) is 66.6 Å². The predicted octanol–water partition coefficient (Wildman–Crippen LogP) is 3.20. The normalized spacial score (nSPS) is 17.4. The molecule has 1 aliphatic heterocycles. The molecule has 0 aliphatic carbocycles. The van der Waals surface area contributed by atoms with Gasteiger partial charge in [0.2, 0.25) is 5.91 Å². The molecule has 3 aromatic rings. The summed E-state index contributed by atoms with van der Waals surface area (Å²) in [5, 5.41) is 5.17. The number of hydrogen-bond donors (Lipinski definition) is 1. The van der Waals surface area contributed by atoms with E-state index in [2.05, 4.69) is 51.3 Å². The lowest BCUT2D eigenvalue weighted by atomic mass is 10.1. The van der Waals surface area contributed by atoms with Crippen molar-refractivity contribution in [3.63, 3.8) is 0 Å². The second-order valence-corrected chi connectivity index (χ2v) is 7.51. The zero-order chi connectivity index (χ0) is 20.2. The second kappa shape index (κ2) is 8.57. The van der Waals surface area contributed by atoms with Crippen molar-refractivity contribution in [2.24, 2.45) is 0 Å². The molecule has 29 heavy (non-hydrogen) atoms. The molecule has 1 amide bonds. The summed E-state index contributed by atoms with van der Waals surface area (Å²) in [6.45, 7) is 5.18. The number of carbonyl (C=O) groups is 1. The maximum absolute atomic E-state index is 13.7. The second-order valence-electron chi connectivity index (χ2n) is 7.51. The average molecular weight is 392 g/mol. The van der Waals surface area contributed by atoms with Crippen LogP contribution in [-0.2, 0) is 11.3 Å². The molecule has 2 heterocycles. The molecule has 0 saturated carbocycles. The van der Waals surface area contributed by atoms with Gasteiger partial charge in [-0.3, -0.25) is 14.7 Å². The third-order valence-electron chi connectivity index (χ3n) is 5.54. The van der Waals surface area contributed by atoms with E-state index in [1.54, 1.807) is 18.2 Å². The molecule has 1 saturated heterocycles. The number of piperazine rings is 1. The Bertz CT molecular complexity index is 1000. The maximum atomic E-state index is 13.7. The van der Waals surface area contributed by atoms with Gasteiger partial charge < -0.3 is 10.2 Å². The van der Waals surface area contributed by atoms with Crippen molar-refractivity contribution in [1.82, 2.24) is 15.2 Å². The van der Waals surface area contributed by atoms with Gasteiger partial charge in [0.25, 0.3) is 0 Å². The number of anilines is 1. The number of halogens is 1. The minimum atomic E-state index is -0.292. The molecule has 1 aromatic heterocycles. The van der Waals surface area contributed by atoms with E-state index in [1.807, 2.05) is 12.4 Å². The van der Waals surface area contributed by atoms with Crippen molar-refractivity contribution in [1.29, 1.82) is 0 Å². The van der Waals surface area contributed by atoms with E-state index < -0.39 is 0 Å². The van der Waals surface area contributed by atoms with E-state index >= 15 is 0 Å². The van der Waals surface area contributed by atoms with E-state index in [-0.39, 0.29) is 24.3 Å². The van der Waals surface area contributed by atoms with Crippen LogP contribution in [0.1, 0.15) is 12.5 Å². The van der Waals surface area contributed by atoms with E-state index in [9.17, 15) is 9.18 Å². The lowest BCUT2D eigenvalue weighted by Crippen LogP contribution is -2.54. The first-order chi connectivity index (χ1) is 14.1. The number of hydrogen-bond acceptors (Lipinski definition) is 4. The van der Waals surface area contributed by atoms with Crippen LogP contribution in [0.2, 0.25) is 0 Å². The Labute approximate surface area is 170 Å². The highest BCUT2D eigenvalue weighted by molar-refractivity contribution is 5.93. The van der Waals surface area contributed by atoms with E-state index in [0.717, 1.165) is 25.0 Å². The van der Waals surface area contributed by atoms with Gasteiger partial charge in [-0.15, -0.1) is 0 Å². The molecule has 1 fully saturated rings. The van der Waals surface area contributed by atoms with Crippen molar-refractivity contribution in [3.05, 3.63) is 72.3 Å². The fourth-order valence-electron chi connectivity index (χ4n) is 3.91. The van der Waals surface area contributed by atoms with Crippen molar-refractivity contribution >= 4 is 22.4 Å². The SMILES string of the molecule is CC1CN(c2cccc3cnccc23)CCN1CC(=O)NCc1ccccc1F. The molecule has 0 spiro atoms. The molecular formula is C23H25FN4O. The minimum Gasteiger partial charge on any atom is -0.368 e. The van der Waals surface area contributed by atoms with E-state index in [1.165, 1.54) is 17.1 Å². The van der Waals surface area contributed by atoms with Crippen LogP contribution < -0.4 is 10.2 Å². The Morgan fingerprint density at radius 3 is 2.86 bits per heavy atom. The van der Waals surface area contributed by atoms with Crippen molar-refractivity contribution in [2.75, 3.05) is 31.1 Å². The molecule has 2 aromatic carbocycles. The summed E-state index contributed by atoms with van der Waals surface area (Å²) in [7, 11) is 0. The Kier molecular flexibility index (Phi) is 5.71. The molecule has 150 valence electrons. The molecule has 4 rings (SSSR count). The standard InChI is InChI=1S/C23H25FN4O/c1-17-15-28(22-8-4-6-18-13-25-10-9-20(18)22)12-11-27(17)16-23(29)26-14-19-5-2-3-7-21(19)24/h2-10,13,17H,11-12,14-16H2,1H3,(H,26,29). The summed E-state index contributed by atoms with van der Waals surface area (Å²) < 4.78 is 13.7. The molecule has 6 heteroatoms. The zero-order valence-electron chi connectivity index (χ0n) is 16.5. The van der Waals surface area contributed by atoms with Gasteiger partial charge in [0.1, 0.15) is 5.82 Å². The van der Waals surface area contributed by atoms with Gasteiger partial charge in [0.15, 0.2) is 0 Å². The van der Waals surface area contributed by atoms with Crippen LogP contribution in [0, 0.1) is 5.82 Å². The first-order valence-electron chi connectivity index (χ1n) is 9.93. The van der Waals surface area contributed by atoms with Gasteiger partial charge in [-0.2, -0.15) is 0 Å². The van der Waals surface area contributed by atoms with Gasteiger partial charge >= 0.3 is 0 Å². The summed E-state index contributed by atoms with van der Waals surface area (Å²) in [6.07, 6.45) is 3.71. The molecule has 1 unspecified atom stereocenters. The third-order valence-corrected chi connectivity index (χ3v) is 5.54. The number of fused-ring (bicyclic) bond motifs is 1. The maximum Gasteiger partial charge on any atom is 0.234 e. The van der Waals surface area contributed by atoms with Crippen LogP contribution in [0.25, 0.3) is 10.8 Å². The molecule has 5 nitrogen and oxygen atoms in total. The monoisotopic (exact) mass is 392 g/mol. The number of nitrogens with zero attached hydrogens (tertiary/aromatic N) is 3. The topological polar surface area (TPSA) is 48.5 Å². The highest BCUT2D eigenvalue weighted by Gasteiger charge is 2.26. The number of benzene rings is 2. The van der Waals surface area contributed by atoms with Gasteiger partial charge in [-0.25, -0.2) is 4.39 Å². The highest BCUT2D eigenvalue weighted by atomic mass is 19.1. The van der Waals surface area contributed by atoms with Crippen LogP contribution in [0.5, 0.6) is 0 Å². The lowest BCUT2D eigenvalue weighted by molar-refractivity contribution is -0.123. The van der Waals surface area contributed by atoms with Gasteiger partial charge in [0.05, 0.1) is 6.54 Å². The average Bonchev–Trinajstić information content (AvgIpc) is 2.74. The fraction of sp³-hybridized carbons (Fsp3) is 0.304. The van der Waals surface area contributed by atoms with Crippen molar-refractivity contribution < 1.29 is 9.18 Å².